The van der Waals surface area contributed by atoms with E-state index in [1.807, 2.05) is 6.07 Å². The van der Waals surface area contributed by atoms with Crippen molar-refractivity contribution >= 4 is 5.91 Å². The van der Waals surface area contributed by atoms with Crippen molar-refractivity contribution < 1.29 is 14.3 Å². The number of ether oxygens (including phenoxy) is 2. The maximum Gasteiger partial charge on any atom is 0.224 e. The van der Waals surface area contributed by atoms with E-state index in [2.05, 4.69) is 11.4 Å². The number of nitrogens with one attached hydrogen (secondary N) is 1. The number of methoxy groups -OCH3 is 2. The van der Waals surface area contributed by atoms with E-state index in [0.717, 1.165) is 5.56 Å². The van der Waals surface area contributed by atoms with Gasteiger partial charge in [-0.2, -0.15) is 5.26 Å². The molecule has 0 radical (unpaired) electrons. The number of benzene rings is 1. The molecule has 1 N–H and O–H groups in total. The van der Waals surface area contributed by atoms with Crippen molar-refractivity contribution in [1.29, 1.82) is 5.26 Å². The van der Waals surface area contributed by atoms with Gasteiger partial charge in [-0.3, -0.25) is 4.79 Å². The van der Waals surface area contributed by atoms with E-state index in [0.29, 0.717) is 18.0 Å². The highest BCUT2D eigenvalue weighted by Crippen LogP contribution is 2.27. The molecule has 0 atom stereocenters. The van der Waals surface area contributed by atoms with Crippen molar-refractivity contribution in [3.8, 4) is 17.6 Å². The zero-order valence-electron chi connectivity index (χ0n) is 12.3. The average Bonchev–Trinajstić information content (AvgIpc) is 2.45. The van der Waals surface area contributed by atoms with Crippen molar-refractivity contribution in [3.63, 3.8) is 0 Å². The first-order valence-electron chi connectivity index (χ1n) is 6.30. The second-order valence-corrected chi connectivity index (χ2v) is 5.14. The van der Waals surface area contributed by atoms with Crippen molar-refractivity contribution in [3.05, 3.63) is 23.8 Å². The fourth-order valence-corrected chi connectivity index (χ4v) is 1.60. The molecule has 0 aromatic heterocycles. The van der Waals surface area contributed by atoms with Crippen LogP contribution in [0.15, 0.2) is 18.2 Å². The van der Waals surface area contributed by atoms with Crippen LogP contribution in [0.2, 0.25) is 0 Å². The number of hydrogen-bond acceptors (Lipinski definition) is 4. The number of rotatable bonds is 6. The summed E-state index contributed by atoms with van der Waals surface area (Å²) in [5, 5.41) is 11.6. The molecule has 0 heterocycles. The third-order valence-corrected chi connectivity index (χ3v) is 2.84. The number of carbonyl (C=O) groups is 1. The van der Waals surface area contributed by atoms with E-state index in [4.69, 9.17) is 14.7 Å². The van der Waals surface area contributed by atoms with Crippen LogP contribution >= 0.6 is 0 Å². The molecule has 20 heavy (non-hydrogen) atoms. The minimum Gasteiger partial charge on any atom is -0.493 e. The zero-order chi connectivity index (χ0) is 15.2. The zero-order valence-corrected chi connectivity index (χ0v) is 12.3. The molecule has 1 rings (SSSR count). The van der Waals surface area contributed by atoms with Crippen LogP contribution in [-0.2, 0) is 11.2 Å². The minimum absolute atomic E-state index is 0.124. The second-order valence-electron chi connectivity index (χ2n) is 5.14. The van der Waals surface area contributed by atoms with Crippen LogP contribution in [0.5, 0.6) is 11.5 Å². The lowest BCUT2D eigenvalue weighted by molar-refractivity contribution is -0.120. The SMILES string of the molecule is COc1ccc(CC(=O)NCC(C)(C)C#N)cc1OC. The van der Waals surface area contributed by atoms with Crippen LogP contribution in [0.1, 0.15) is 19.4 Å². The summed E-state index contributed by atoms with van der Waals surface area (Å²) < 4.78 is 10.3. The normalized spacial score (nSPS) is 10.6. The summed E-state index contributed by atoms with van der Waals surface area (Å²) in [6, 6.07) is 7.49. The Labute approximate surface area is 119 Å². The van der Waals surface area contributed by atoms with Crippen LogP contribution in [0.3, 0.4) is 0 Å². The Morgan fingerprint density at radius 1 is 1.30 bits per heavy atom. The molecule has 1 aromatic rings. The van der Waals surface area contributed by atoms with E-state index in [1.165, 1.54) is 0 Å². The molecule has 5 nitrogen and oxygen atoms in total. The Balaban J connectivity index is 2.65. The lowest BCUT2D eigenvalue weighted by atomic mass is 9.96. The Morgan fingerprint density at radius 3 is 2.50 bits per heavy atom. The highest BCUT2D eigenvalue weighted by molar-refractivity contribution is 5.78. The summed E-state index contributed by atoms with van der Waals surface area (Å²) in [7, 11) is 3.12. The second kappa shape index (κ2) is 6.80. The number of nitriles is 1. The fraction of sp³-hybridized carbons (Fsp3) is 0.467. The number of carbonyl (C=O) groups excluding carboxylic acids is 1. The summed E-state index contributed by atoms with van der Waals surface area (Å²) in [4.78, 5) is 11.8. The first kappa shape index (κ1) is 15.8. The van der Waals surface area contributed by atoms with Crippen molar-refractivity contribution in [2.75, 3.05) is 20.8 Å². The lowest BCUT2D eigenvalue weighted by Crippen LogP contribution is -2.34. The summed E-state index contributed by atoms with van der Waals surface area (Å²) >= 11 is 0. The predicted molar refractivity (Wildman–Crippen MR) is 75.7 cm³/mol. The molecule has 1 aromatic carbocycles. The molecule has 1 amide bonds. The standard InChI is InChI=1S/C15H20N2O3/c1-15(2,9-16)10-17-14(18)8-11-5-6-12(19-3)13(7-11)20-4/h5-7H,8,10H2,1-4H3,(H,17,18). The Kier molecular flexibility index (Phi) is 5.39. The van der Waals surface area contributed by atoms with Crippen molar-refractivity contribution in [1.82, 2.24) is 5.32 Å². The van der Waals surface area contributed by atoms with Crippen molar-refractivity contribution in [2.45, 2.75) is 20.3 Å². The summed E-state index contributed by atoms with van der Waals surface area (Å²) in [6.07, 6.45) is 0.238. The van der Waals surface area contributed by atoms with E-state index in [1.54, 1.807) is 40.2 Å². The van der Waals surface area contributed by atoms with Gasteiger partial charge < -0.3 is 14.8 Å². The largest absolute Gasteiger partial charge is 0.493 e. The number of nitrogens with zero attached hydrogens (tertiary/aromatic N) is 1. The highest BCUT2D eigenvalue weighted by Gasteiger charge is 2.17. The first-order valence-corrected chi connectivity index (χ1v) is 6.30. The molecular weight excluding hydrogens is 256 g/mol. The quantitative estimate of drug-likeness (QED) is 0.861. The molecule has 0 bridgehead atoms. The smallest absolute Gasteiger partial charge is 0.224 e. The van der Waals surface area contributed by atoms with Crippen molar-refractivity contribution in [2.24, 2.45) is 5.41 Å². The maximum absolute atomic E-state index is 11.8. The van der Waals surface area contributed by atoms with Crippen LogP contribution in [0.4, 0.5) is 0 Å². The lowest BCUT2D eigenvalue weighted by Gasteiger charge is -2.16. The van der Waals surface area contributed by atoms with Crippen LogP contribution in [-0.4, -0.2) is 26.7 Å². The topological polar surface area (TPSA) is 71.3 Å². The van der Waals surface area contributed by atoms with Gasteiger partial charge in [-0.05, 0) is 31.5 Å². The van der Waals surface area contributed by atoms with Crippen LogP contribution in [0.25, 0.3) is 0 Å². The summed E-state index contributed by atoms with van der Waals surface area (Å²) in [5.41, 5.74) is 0.266. The third kappa shape index (κ3) is 4.47. The van der Waals surface area contributed by atoms with E-state index in [9.17, 15) is 4.79 Å². The molecule has 0 spiro atoms. The highest BCUT2D eigenvalue weighted by atomic mass is 16.5. The molecule has 0 fully saturated rings. The molecule has 0 aliphatic carbocycles. The molecule has 0 unspecified atom stereocenters. The van der Waals surface area contributed by atoms with Gasteiger partial charge in [0.1, 0.15) is 0 Å². The van der Waals surface area contributed by atoms with Gasteiger partial charge in [0.05, 0.1) is 32.1 Å². The predicted octanol–water partition coefficient (Wildman–Crippen LogP) is 1.91. The third-order valence-electron chi connectivity index (χ3n) is 2.84. The molecule has 0 saturated heterocycles. The maximum atomic E-state index is 11.8. The monoisotopic (exact) mass is 276 g/mol. The Morgan fingerprint density at radius 2 is 1.95 bits per heavy atom. The van der Waals surface area contributed by atoms with Gasteiger partial charge in [0, 0.05) is 6.54 Å². The van der Waals surface area contributed by atoms with Gasteiger partial charge in [0.2, 0.25) is 5.91 Å². The van der Waals surface area contributed by atoms with Gasteiger partial charge in [0.15, 0.2) is 11.5 Å². The number of amides is 1. The molecule has 5 heteroatoms. The molecule has 0 aliphatic heterocycles. The Bertz CT molecular complexity index is 518. The van der Waals surface area contributed by atoms with Gasteiger partial charge in [-0.25, -0.2) is 0 Å². The van der Waals surface area contributed by atoms with Gasteiger partial charge in [-0.15, -0.1) is 0 Å². The van der Waals surface area contributed by atoms with Gasteiger partial charge in [-0.1, -0.05) is 6.07 Å². The molecular formula is C15H20N2O3. The fourth-order valence-electron chi connectivity index (χ4n) is 1.60. The first-order chi connectivity index (χ1) is 9.41. The summed E-state index contributed by atoms with van der Waals surface area (Å²) in [6.45, 7) is 3.89. The van der Waals surface area contributed by atoms with E-state index >= 15 is 0 Å². The molecule has 0 saturated carbocycles. The van der Waals surface area contributed by atoms with Crippen LogP contribution in [0, 0.1) is 16.7 Å². The van der Waals surface area contributed by atoms with E-state index in [-0.39, 0.29) is 12.3 Å². The Hall–Kier alpha value is -2.22. The van der Waals surface area contributed by atoms with Crippen LogP contribution < -0.4 is 14.8 Å². The van der Waals surface area contributed by atoms with Gasteiger partial charge in [0.25, 0.3) is 0 Å². The molecule has 108 valence electrons. The average molecular weight is 276 g/mol. The number of hydrogen-bond donors (Lipinski definition) is 1. The summed E-state index contributed by atoms with van der Waals surface area (Å²) in [5.74, 6) is 1.10. The molecule has 0 aliphatic rings. The minimum atomic E-state index is -0.562. The van der Waals surface area contributed by atoms with E-state index < -0.39 is 5.41 Å². The van der Waals surface area contributed by atoms with Gasteiger partial charge >= 0.3 is 0 Å².